The first kappa shape index (κ1) is 13.5. The van der Waals surface area contributed by atoms with E-state index in [-0.39, 0.29) is 11.1 Å². The number of nitrogens with one attached hydrogen (secondary N) is 1. The smallest absolute Gasteiger partial charge is 0.395 e. The standard InChI is InChI=1S/C10H13ClN2O4/c1-6(11)10(2,3)12-9(14)7-4-5-8(17-7)13(15)16/h4-6H,1-3H3,(H,12,14). The average Bonchev–Trinajstić information content (AvgIpc) is 2.65. The number of alkyl halides is 1. The Morgan fingerprint density at radius 1 is 1.59 bits per heavy atom. The molecule has 0 fully saturated rings. The molecule has 0 saturated heterocycles. The first-order valence-electron chi connectivity index (χ1n) is 4.95. The average molecular weight is 261 g/mol. The van der Waals surface area contributed by atoms with Crippen molar-refractivity contribution in [3.8, 4) is 0 Å². The van der Waals surface area contributed by atoms with Gasteiger partial charge in [-0.25, -0.2) is 0 Å². The van der Waals surface area contributed by atoms with Gasteiger partial charge in [-0.1, -0.05) is 0 Å². The minimum absolute atomic E-state index is 0.109. The number of nitro groups is 1. The molecule has 0 aromatic carbocycles. The Morgan fingerprint density at radius 2 is 2.18 bits per heavy atom. The normalized spacial score (nSPS) is 13.2. The van der Waals surface area contributed by atoms with Crippen molar-refractivity contribution in [3.63, 3.8) is 0 Å². The Hall–Kier alpha value is -1.56. The summed E-state index contributed by atoms with van der Waals surface area (Å²) >= 11 is 5.90. The van der Waals surface area contributed by atoms with Gasteiger partial charge in [0.25, 0.3) is 5.91 Å². The fraction of sp³-hybridized carbons (Fsp3) is 0.500. The van der Waals surface area contributed by atoms with Gasteiger partial charge in [0.05, 0.1) is 17.0 Å². The zero-order valence-electron chi connectivity index (χ0n) is 9.69. The summed E-state index contributed by atoms with van der Waals surface area (Å²) in [6.45, 7) is 5.24. The fourth-order valence-electron chi connectivity index (χ4n) is 1.00. The zero-order chi connectivity index (χ0) is 13.2. The summed E-state index contributed by atoms with van der Waals surface area (Å²) in [5.74, 6) is -1.11. The first-order chi connectivity index (χ1) is 7.74. The summed E-state index contributed by atoms with van der Waals surface area (Å²) in [7, 11) is 0. The third-order valence-corrected chi connectivity index (χ3v) is 2.97. The van der Waals surface area contributed by atoms with Gasteiger partial charge in [0, 0.05) is 0 Å². The molecule has 7 heteroatoms. The molecule has 1 heterocycles. The van der Waals surface area contributed by atoms with Crippen molar-refractivity contribution in [2.45, 2.75) is 31.7 Å². The van der Waals surface area contributed by atoms with E-state index < -0.39 is 22.3 Å². The molecule has 0 aliphatic carbocycles. The van der Waals surface area contributed by atoms with E-state index in [4.69, 9.17) is 16.0 Å². The van der Waals surface area contributed by atoms with Crippen LogP contribution in [0.5, 0.6) is 0 Å². The van der Waals surface area contributed by atoms with E-state index in [1.165, 1.54) is 6.07 Å². The van der Waals surface area contributed by atoms with Gasteiger partial charge < -0.3 is 9.73 Å². The maximum absolute atomic E-state index is 11.7. The molecule has 1 aromatic heterocycles. The number of amides is 1. The van der Waals surface area contributed by atoms with E-state index in [1.807, 2.05) is 0 Å². The number of halogens is 1. The largest absolute Gasteiger partial charge is 0.433 e. The number of hydrogen-bond donors (Lipinski definition) is 1. The van der Waals surface area contributed by atoms with E-state index in [9.17, 15) is 14.9 Å². The van der Waals surface area contributed by atoms with Crippen LogP contribution in [-0.4, -0.2) is 21.7 Å². The number of carbonyl (C=O) groups excluding carboxylic acids is 1. The van der Waals surface area contributed by atoms with E-state index >= 15 is 0 Å². The lowest BCUT2D eigenvalue weighted by molar-refractivity contribution is -0.402. The molecule has 0 radical (unpaired) electrons. The summed E-state index contributed by atoms with van der Waals surface area (Å²) in [4.78, 5) is 21.4. The molecule has 17 heavy (non-hydrogen) atoms. The molecule has 0 bridgehead atoms. The fourth-order valence-corrected chi connectivity index (χ4v) is 1.06. The van der Waals surface area contributed by atoms with Crippen molar-refractivity contribution in [3.05, 3.63) is 28.0 Å². The molecular weight excluding hydrogens is 248 g/mol. The summed E-state index contributed by atoms with van der Waals surface area (Å²) in [6, 6.07) is 2.38. The van der Waals surface area contributed by atoms with Gasteiger partial charge in [0.2, 0.25) is 0 Å². The van der Waals surface area contributed by atoms with Crippen LogP contribution < -0.4 is 5.32 Å². The Bertz CT molecular complexity index is 439. The Kier molecular flexibility index (Phi) is 3.77. The van der Waals surface area contributed by atoms with Crippen LogP contribution in [0.15, 0.2) is 16.5 Å². The molecule has 0 saturated carbocycles. The van der Waals surface area contributed by atoms with Crippen LogP contribution in [0.3, 0.4) is 0 Å². The predicted molar refractivity (Wildman–Crippen MR) is 62.2 cm³/mol. The third kappa shape index (κ3) is 3.20. The quantitative estimate of drug-likeness (QED) is 0.511. The van der Waals surface area contributed by atoms with E-state index in [1.54, 1.807) is 20.8 Å². The van der Waals surface area contributed by atoms with Crippen molar-refractivity contribution in [2.75, 3.05) is 0 Å². The molecule has 1 atom stereocenters. The predicted octanol–water partition coefficient (Wildman–Crippen LogP) is 2.32. The number of furan rings is 1. The van der Waals surface area contributed by atoms with Crippen molar-refractivity contribution in [1.29, 1.82) is 0 Å². The molecule has 1 amide bonds. The maximum Gasteiger partial charge on any atom is 0.433 e. The highest BCUT2D eigenvalue weighted by Gasteiger charge is 2.28. The molecule has 0 spiro atoms. The third-order valence-electron chi connectivity index (χ3n) is 2.43. The van der Waals surface area contributed by atoms with Gasteiger partial charge in [0.15, 0.2) is 5.76 Å². The second-order valence-corrected chi connectivity index (χ2v) is 4.84. The Morgan fingerprint density at radius 3 is 2.59 bits per heavy atom. The summed E-state index contributed by atoms with van der Waals surface area (Å²) in [5, 5.41) is 12.7. The topological polar surface area (TPSA) is 85.4 Å². The lowest BCUT2D eigenvalue weighted by atomic mass is 10.0. The van der Waals surface area contributed by atoms with Crippen LogP contribution in [0, 0.1) is 10.1 Å². The molecule has 1 aromatic rings. The van der Waals surface area contributed by atoms with Gasteiger partial charge in [-0.3, -0.25) is 14.9 Å². The van der Waals surface area contributed by atoms with Crippen molar-refractivity contribution in [2.24, 2.45) is 0 Å². The summed E-state index contributed by atoms with van der Waals surface area (Å²) < 4.78 is 4.78. The second-order valence-electron chi connectivity index (χ2n) is 4.19. The van der Waals surface area contributed by atoms with Crippen LogP contribution in [0.25, 0.3) is 0 Å². The lowest BCUT2D eigenvalue weighted by Gasteiger charge is -2.28. The molecule has 0 aliphatic rings. The van der Waals surface area contributed by atoms with Crippen LogP contribution in [0.4, 0.5) is 5.88 Å². The molecule has 1 N–H and O–H groups in total. The summed E-state index contributed by atoms with van der Waals surface area (Å²) in [6.07, 6.45) is 0. The highest BCUT2D eigenvalue weighted by molar-refractivity contribution is 6.21. The second kappa shape index (κ2) is 4.75. The Labute approximate surface area is 103 Å². The van der Waals surface area contributed by atoms with Crippen LogP contribution in [0.2, 0.25) is 0 Å². The van der Waals surface area contributed by atoms with E-state index in [2.05, 4.69) is 5.32 Å². The van der Waals surface area contributed by atoms with Gasteiger partial charge >= 0.3 is 5.88 Å². The van der Waals surface area contributed by atoms with Gasteiger partial charge in [0.1, 0.15) is 4.92 Å². The van der Waals surface area contributed by atoms with E-state index in [0.717, 1.165) is 6.07 Å². The highest BCUT2D eigenvalue weighted by Crippen LogP contribution is 2.19. The van der Waals surface area contributed by atoms with Crippen molar-refractivity contribution >= 4 is 23.4 Å². The number of hydrogen-bond acceptors (Lipinski definition) is 4. The molecule has 6 nitrogen and oxygen atoms in total. The molecule has 0 aliphatic heterocycles. The van der Waals surface area contributed by atoms with Crippen LogP contribution in [-0.2, 0) is 0 Å². The number of nitrogens with zero attached hydrogens (tertiary/aromatic N) is 1. The first-order valence-corrected chi connectivity index (χ1v) is 5.38. The Balaban J connectivity index is 2.80. The zero-order valence-corrected chi connectivity index (χ0v) is 10.4. The molecular formula is C10H13ClN2O4. The highest BCUT2D eigenvalue weighted by atomic mass is 35.5. The van der Waals surface area contributed by atoms with Gasteiger partial charge in [-0.05, 0) is 26.8 Å². The minimum Gasteiger partial charge on any atom is -0.395 e. The molecule has 1 unspecified atom stereocenters. The monoisotopic (exact) mass is 260 g/mol. The SMILES string of the molecule is CC(Cl)C(C)(C)NC(=O)c1ccc([N+](=O)[O-])o1. The van der Waals surface area contributed by atoms with Crippen LogP contribution in [0.1, 0.15) is 31.3 Å². The maximum atomic E-state index is 11.7. The number of carbonyl (C=O) groups is 1. The van der Waals surface area contributed by atoms with Crippen LogP contribution >= 0.6 is 11.6 Å². The summed E-state index contributed by atoms with van der Waals surface area (Å²) in [5.41, 5.74) is -0.639. The molecule has 94 valence electrons. The van der Waals surface area contributed by atoms with E-state index in [0.29, 0.717) is 0 Å². The number of rotatable bonds is 4. The lowest BCUT2D eigenvalue weighted by Crippen LogP contribution is -2.48. The molecule has 1 rings (SSSR count). The van der Waals surface area contributed by atoms with Crippen molar-refractivity contribution < 1.29 is 14.1 Å². The van der Waals surface area contributed by atoms with Crippen molar-refractivity contribution in [1.82, 2.24) is 5.32 Å². The van der Waals surface area contributed by atoms with Gasteiger partial charge in [-0.2, -0.15) is 0 Å². The van der Waals surface area contributed by atoms with Gasteiger partial charge in [-0.15, -0.1) is 11.6 Å². The minimum atomic E-state index is -0.702.